The molecular weight excluding hydrogens is 287 g/mol. The molecule has 0 fully saturated rings. The van der Waals surface area contributed by atoms with Gasteiger partial charge in [-0.25, -0.2) is 14.4 Å². The number of nitrogens with zero attached hydrogens (tertiary/aromatic N) is 2. The lowest BCUT2D eigenvalue weighted by Crippen LogP contribution is -2.01. The summed E-state index contributed by atoms with van der Waals surface area (Å²) in [5.41, 5.74) is 1.30. The van der Waals surface area contributed by atoms with Crippen molar-refractivity contribution in [2.45, 2.75) is 13.2 Å². The molecule has 0 saturated heterocycles. The third-order valence-electron chi connectivity index (χ3n) is 2.17. The topological polar surface area (TPSA) is 35.0 Å². The molecule has 17 heavy (non-hydrogen) atoms. The van der Waals surface area contributed by atoms with Crippen molar-refractivity contribution in [1.82, 2.24) is 9.97 Å². The first kappa shape index (κ1) is 12.1. The Balaban J connectivity index is 1.93. The van der Waals surface area contributed by atoms with Gasteiger partial charge in [0.15, 0.2) is 5.82 Å². The molecule has 2 rings (SSSR count). The van der Waals surface area contributed by atoms with Crippen LogP contribution in [0.5, 0.6) is 0 Å². The predicted octanol–water partition coefficient (Wildman–Crippen LogP) is 3.10. The molecule has 0 aliphatic carbocycles. The molecule has 1 aromatic carbocycles. The van der Waals surface area contributed by atoms with Gasteiger partial charge in [0.25, 0.3) is 0 Å². The maximum atomic E-state index is 13.5. The molecule has 2 aromatic rings. The third-order valence-corrected chi connectivity index (χ3v) is 2.72. The molecule has 0 atom stereocenters. The van der Waals surface area contributed by atoms with Crippen LogP contribution in [-0.2, 0) is 18.0 Å². The fourth-order valence-electron chi connectivity index (χ4n) is 1.32. The molecule has 0 aliphatic rings. The Morgan fingerprint density at radius 1 is 1.12 bits per heavy atom. The van der Waals surface area contributed by atoms with Gasteiger partial charge in [0.2, 0.25) is 0 Å². The van der Waals surface area contributed by atoms with E-state index in [1.165, 1.54) is 6.33 Å². The molecule has 0 saturated carbocycles. The van der Waals surface area contributed by atoms with E-state index in [0.717, 1.165) is 5.56 Å². The normalized spacial score (nSPS) is 10.5. The standard InChI is InChI=1S/C12H10BrFN2O/c13-12-11(14)10(15-8-16-12)7-17-6-9-4-2-1-3-5-9/h1-5,8H,6-7H2. The molecule has 0 bridgehead atoms. The van der Waals surface area contributed by atoms with Crippen molar-refractivity contribution in [3.63, 3.8) is 0 Å². The van der Waals surface area contributed by atoms with Crippen LogP contribution in [0.25, 0.3) is 0 Å². The summed E-state index contributed by atoms with van der Waals surface area (Å²) in [7, 11) is 0. The first-order valence-electron chi connectivity index (χ1n) is 5.04. The van der Waals surface area contributed by atoms with Gasteiger partial charge in [-0.1, -0.05) is 30.3 Å². The van der Waals surface area contributed by atoms with Crippen LogP contribution in [0.3, 0.4) is 0 Å². The zero-order chi connectivity index (χ0) is 12.1. The summed E-state index contributed by atoms with van der Waals surface area (Å²) < 4.78 is 19.0. The molecule has 0 radical (unpaired) electrons. The summed E-state index contributed by atoms with van der Waals surface area (Å²) in [6, 6.07) is 9.70. The van der Waals surface area contributed by atoms with Crippen LogP contribution in [0.15, 0.2) is 41.3 Å². The van der Waals surface area contributed by atoms with E-state index >= 15 is 0 Å². The fraction of sp³-hybridized carbons (Fsp3) is 0.167. The summed E-state index contributed by atoms with van der Waals surface area (Å²) in [4.78, 5) is 7.51. The van der Waals surface area contributed by atoms with E-state index in [-0.39, 0.29) is 16.9 Å². The van der Waals surface area contributed by atoms with Crippen molar-refractivity contribution in [3.8, 4) is 0 Å². The van der Waals surface area contributed by atoms with E-state index in [9.17, 15) is 4.39 Å². The highest BCUT2D eigenvalue weighted by Gasteiger charge is 2.08. The smallest absolute Gasteiger partial charge is 0.179 e. The Labute approximate surface area is 107 Å². The second kappa shape index (κ2) is 5.84. The van der Waals surface area contributed by atoms with Crippen LogP contribution >= 0.6 is 15.9 Å². The first-order chi connectivity index (χ1) is 8.27. The van der Waals surface area contributed by atoms with E-state index in [2.05, 4.69) is 25.9 Å². The molecule has 3 nitrogen and oxygen atoms in total. The van der Waals surface area contributed by atoms with Crippen molar-refractivity contribution in [2.75, 3.05) is 0 Å². The van der Waals surface area contributed by atoms with Crippen molar-refractivity contribution in [2.24, 2.45) is 0 Å². The van der Waals surface area contributed by atoms with E-state index in [1.807, 2.05) is 30.3 Å². The molecule has 1 heterocycles. The lowest BCUT2D eigenvalue weighted by molar-refractivity contribution is 0.102. The number of hydrogen-bond acceptors (Lipinski definition) is 3. The highest BCUT2D eigenvalue weighted by Crippen LogP contribution is 2.14. The number of hydrogen-bond donors (Lipinski definition) is 0. The molecule has 5 heteroatoms. The zero-order valence-electron chi connectivity index (χ0n) is 8.94. The number of halogens is 2. The van der Waals surface area contributed by atoms with E-state index in [1.54, 1.807) is 0 Å². The minimum Gasteiger partial charge on any atom is -0.370 e. The van der Waals surface area contributed by atoms with Gasteiger partial charge in [0, 0.05) is 0 Å². The highest BCUT2D eigenvalue weighted by atomic mass is 79.9. The predicted molar refractivity (Wildman–Crippen MR) is 64.6 cm³/mol. The van der Waals surface area contributed by atoms with E-state index < -0.39 is 5.82 Å². The summed E-state index contributed by atoms with van der Waals surface area (Å²) in [6.07, 6.45) is 1.30. The zero-order valence-corrected chi connectivity index (χ0v) is 10.5. The molecule has 0 amide bonds. The molecule has 0 N–H and O–H groups in total. The molecule has 0 aliphatic heterocycles. The SMILES string of the molecule is Fc1c(Br)ncnc1COCc1ccccc1. The second-order valence-corrected chi connectivity index (χ2v) is 4.15. The van der Waals surface area contributed by atoms with Crippen LogP contribution in [0.1, 0.15) is 11.3 Å². The maximum Gasteiger partial charge on any atom is 0.179 e. The number of ether oxygens (including phenoxy) is 1. The molecule has 88 valence electrons. The average Bonchev–Trinajstić information content (AvgIpc) is 2.36. The fourth-order valence-corrected chi connectivity index (χ4v) is 1.64. The molecule has 0 spiro atoms. The van der Waals surface area contributed by atoms with Gasteiger partial charge in [-0.15, -0.1) is 0 Å². The quantitative estimate of drug-likeness (QED) is 0.813. The van der Waals surface area contributed by atoms with Gasteiger partial charge in [0.1, 0.15) is 16.6 Å². The van der Waals surface area contributed by atoms with Crippen LogP contribution in [0.4, 0.5) is 4.39 Å². The summed E-state index contributed by atoms with van der Waals surface area (Å²) >= 11 is 3.00. The van der Waals surface area contributed by atoms with E-state index in [0.29, 0.717) is 6.61 Å². The third kappa shape index (κ3) is 3.31. The lowest BCUT2D eigenvalue weighted by Gasteiger charge is -2.05. The van der Waals surface area contributed by atoms with Crippen LogP contribution in [0.2, 0.25) is 0 Å². The van der Waals surface area contributed by atoms with Gasteiger partial charge < -0.3 is 4.74 Å². The largest absolute Gasteiger partial charge is 0.370 e. The van der Waals surface area contributed by atoms with Gasteiger partial charge in [-0.05, 0) is 21.5 Å². The summed E-state index contributed by atoms with van der Waals surface area (Å²) in [5, 5.41) is 0. The van der Waals surface area contributed by atoms with Crippen LogP contribution in [0, 0.1) is 5.82 Å². The van der Waals surface area contributed by atoms with Crippen LogP contribution in [-0.4, -0.2) is 9.97 Å². The number of benzene rings is 1. The highest BCUT2D eigenvalue weighted by molar-refractivity contribution is 9.10. The van der Waals surface area contributed by atoms with Crippen molar-refractivity contribution < 1.29 is 9.13 Å². The van der Waals surface area contributed by atoms with Crippen molar-refractivity contribution in [3.05, 3.63) is 58.3 Å². The Kier molecular flexibility index (Phi) is 4.17. The number of aromatic nitrogens is 2. The molecular formula is C12H10BrFN2O. The monoisotopic (exact) mass is 296 g/mol. The first-order valence-corrected chi connectivity index (χ1v) is 5.83. The van der Waals surface area contributed by atoms with E-state index in [4.69, 9.17) is 4.74 Å². The summed E-state index contributed by atoms with van der Waals surface area (Å²) in [6.45, 7) is 0.559. The van der Waals surface area contributed by atoms with Gasteiger partial charge in [-0.3, -0.25) is 0 Å². The maximum absolute atomic E-state index is 13.5. The Morgan fingerprint density at radius 2 is 1.88 bits per heavy atom. The number of rotatable bonds is 4. The minimum atomic E-state index is -0.472. The van der Waals surface area contributed by atoms with Gasteiger partial charge >= 0.3 is 0 Å². The summed E-state index contributed by atoms with van der Waals surface area (Å²) in [5.74, 6) is -0.472. The lowest BCUT2D eigenvalue weighted by atomic mass is 10.2. The minimum absolute atomic E-state index is 0.127. The second-order valence-electron chi connectivity index (χ2n) is 3.40. The Bertz CT molecular complexity index is 493. The van der Waals surface area contributed by atoms with Crippen LogP contribution < -0.4 is 0 Å². The Hall–Kier alpha value is -1.33. The Morgan fingerprint density at radius 3 is 2.65 bits per heavy atom. The molecule has 1 aromatic heterocycles. The van der Waals surface area contributed by atoms with Crippen molar-refractivity contribution >= 4 is 15.9 Å². The van der Waals surface area contributed by atoms with Crippen molar-refractivity contribution in [1.29, 1.82) is 0 Å². The van der Waals surface area contributed by atoms with Gasteiger partial charge in [-0.2, -0.15) is 0 Å². The molecule has 0 unspecified atom stereocenters. The average molecular weight is 297 g/mol. The van der Waals surface area contributed by atoms with Gasteiger partial charge in [0.05, 0.1) is 13.2 Å².